The van der Waals surface area contributed by atoms with Gasteiger partial charge < -0.3 is 15.5 Å². The molecule has 0 bridgehead atoms. The van der Waals surface area contributed by atoms with E-state index in [9.17, 15) is 23.1 Å². The number of hydrogen-bond acceptors (Lipinski definition) is 5. The van der Waals surface area contributed by atoms with Crippen LogP contribution in [0.3, 0.4) is 0 Å². The first-order valence-corrected chi connectivity index (χ1v) is 13.6. The van der Waals surface area contributed by atoms with Crippen LogP contribution in [-0.4, -0.2) is 56.2 Å². The van der Waals surface area contributed by atoms with Gasteiger partial charge in [-0.05, 0) is 73.5 Å². The molecule has 0 aliphatic heterocycles. The van der Waals surface area contributed by atoms with Gasteiger partial charge >= 0.3 is 18.1 Å². The molecule has 0 amide bonds. The van der Waals surface area contributed by atoms with Gasteiger partial charge in [-0.2, -0.15) is 18.3 Å². The smallest absolute Gasteiger partial charge is 0.477 e. The Hall–Kier alpha value is -4.29. The molecule has 0 radical (unpaired) electrons. The van der Waals surface area contributed by atoms with Crippen molar-refractivity contribution in [3.8, 4) is 11.3 Å². The van der Waals surface area contributed by atoms with Crippen molar-refractivity contribution in [2.45, 2.75) is 25.6 Å². The van der Waals surface area contributed by atoms with Crippen LogP contribution in [0.25, 0.3) is 23.4 Å². The molecule has 12 heteroatoms. The van der Waals surface area contributed by atoms with Crippen LogP contribution in [-0.2, 0) is 17.8 Å². The fourth-order valence-corrected chi connectivity index (χ4v) is 3.97. The molecule has 0 saturated heterocycles. The van der Waals surface area contributed by atoms with E-state index in [1.54, 1.807) is 16.9 Å². The lowest BCUT2D eigenvalue weighted by molar-refractivity contribution is -0.192. The summed E-state index contributed by atoms with van der Waals surface area (Å²) in [7, 11) is 0. The maximum atomic E-state index is 11.8. The minimum Gasteiger partial charge on any atom is -0.477 e. The molecule has 220 valence electrons. The highest BCUT2D eigenvalue weighted by atomic mass is 79.9. The van der Waals surface area contributed by atoms with E-state index in [-0.39, 0.29) is 5.69 Å². The van der Waals surface area contributed by atoms with E-state index in [1.807, 2.05) is 66.7 Å². The number of carbonyl (C=O) groups is 2. The number of aromatic nitrogens is 3. The Balaban J connectivity index is 0.000000616. The van der Waals surface area contributed by atoms with Crippen LogP contribution >= 0.6 is 15.9 Å². The van der Waals surface area contributed by atoms with Gasteiger partial charge in [0.15, 0.2) is 0 Å². The summed E-state index contributed by atoms with van der Waals surface area (Å²) in [6.45, 7) is 2.18. The monoisotopic (exact) mass is 644 g/mol. The summed E-state index contributed by atoms with van der Waals surface area (Å²) >= 11 is 3.45. The van der Waals surface area contributed by atoms with Crippen LogP contribution < -0.4 is 5.32 Å². The average molecular weight is 645 g/mol. The van der Waals surface area contributed by atoms with Crippen LogP contribution in [0, 0.1) is 0 Å². The number of carboxylic acids is 2. The third-order valence-electron chi connectivity index (χ3n) is 5.79. The number of pyridine rings is 1. The molecule has 8 nitrogen and oxygen atoms in total. The lowest BCUT2D eigenvalue weighted by atomic mass is 10.1. The molecular formula is C30H28BrF3N4O4. The van der Waals surface area contributed by atoms with Crippen LogP contribution in [0.1, 0.15) is 33.7 Å². The summed E-state index contributed by atoms with van der Waals surface area (Å²) in [5.74, 6) is -3.74. The molecule has 4 rings (SSSR count). The Kier molecular flexibility index (Phi) is 12.0. The Morgan fingerprint density at radius 3 is 2.29 bits per heavy atom. The molecule has 0 saturated carbocycles. The first-order valence-electron chi connectivity index (χ1n) is 12.8. The van der Waals surface area contributed by atoms with E-state index in [0.29, 0.717) is 12.2 Å². The van der Waals surface area contributed by atoms with Crippen LogP contribution in [0.5, 0.6) is 0 Å². The van der Waals surface area contributed by atoms with Gasteiger partial charge in [0.1, 0.15) is 5.69 Å². The Morgan fingerprint density at radius 2 is 1.64 bits per heavy atom. The minimum absolute atomic E-state index is 0.188. The van der Waals surface area contributed by atoms with E-state index in [2.05, 4.69) is 43.5 Å². The number of aromatic carboxylic acids is 1. The van der Waals surface area contributed by atoms with Crippen molar-refractivity contribution in [1.82, 2.24) is 20.1 Å². The molecule has 0 spiro atoms. The second kappa shape index (κ2) is 15.6. The lowest BCUT2D eigenvalue weighted by Gasteiger charge is -2.07. The zero-order chi connectivity index (χ0) is 30.5. The summed E-state index contributed by atoms with van der Waals surface area (Å²) in [6, 6.07) is 23.7. The van der Waals surface area contributed by atoms with E-state index < -0.39 is 18.1 Å². The topological polar surface area (TPSA) is 117 Å². The number of aliphatic carboxylic acids is 1. The molecule has 0 atom stereocenters. The van der Waals surface area contributed by atoms with Gasteiger partial charge in [0, 0.05) is 22.8 Å². The standard InChI is InChI=1S/C28H27BrN4O2.C2HF3O2/c29-24-10-7-22(8-11-24)13-16-30-15-4-18-33-27(28(34)35)20-26(32-33)23-14-17-31-25(19-23)12-9-21-5-2-1-3-6-21;3-2(4,5)1(6)7/h1-3,5-12,14,17,19-20,30H,4,13,15-16,18H2,(H,34,35);(H,6,7)/b12-9+;. The number of nitrogens with one attached hydrogen (secondary N) is 1. The largest absolute Gasteiger partial charge is 0.490 e. The SMILES string of the molecule is O=C(O)C(F)(F)F.O=C(O)c1cc(-c2ccnc(/C=C/c3ccccc3)c2)nn1CCCNCCc1ccc(Br)cc1. The highest BCUT2D eigenvalue weighted by molar-refractivity contribution is 9.10. The lowest BCUT2D eigenvalue weighted by Crippen LogP contribution is -2.21. The molecule has 2 aromatic carbocycles. The number of rotatable bonds is 11. The van der Waals surface area contributed by atoms with E-state index in [4.69, 9.17) is 9.90 Å². The van der Waals surface area contributed by atoms with E-state index in [0.717, 1.165) is 47.2 Å². The predicted octanol–water partition coefficient (Wildman–Crippen LogP) is 6.43. The first kappa shape index (κ1) is 32.2. The summed E-state index contributed by atoms with van der Waals surface area (Å²) in [6.07, 6.45) is 2.30. The van der Waals surface area contributed by atoms with Crippen molar-refractivity contribution < 1.29 is 33.0 Å². The number of nitrogens with zero attached hydrogens (tertiary/aromatic N) is 3. The van der Waals surface area contributed by atoms with Gasteiger partial charge in [-0.25, -0.2) is 9.59 Å². The minimum atomic E-state index is -5.08. The molecule has 42 heavy (non-hydrogen) atoms. The number of carboxylic acid groups (broad SMARTS) is 2. The Morgan fingerprint density at radius 1 is 0.952 bits per heavy atom. The van der Waals surface area contributed by atoms with Crippen molar-refractivity contribution in [3.05, 3.63) is 106 Å². The van der Waals surface area contributed by atoms with Crippen molar-refractivity contribution in [3.63, 3.8) is 0 Å². The maximum Gasteiger partial charge on any atom is 0.490 e. The number of halogens is 4. The summed E-state index contributed by atoms with van der Waals surface area (Å²) in [4.78, 5) is 25.1. The van der Waals surface area contributed by atoms with Crippen molar-refractivity contribution in [2.75, 3.05) is 13.1 Å². The normalized spacial score (nSPS) is 11.2. The fraction of sp³-hybridized carbons (Fsp3) is 0.200. The van der Waals surface area contributed by atoms with Crippen LogP contribution in [0.4, 0.5) is 13.2 Å². The highest BCUT2D eigenvalue weighted by Gasteiger charge is 2.38. The second-order valence-electron chi connectivity index (χ2n) is 8.94. The summed E-state index contributed by atoms with van der Waals surface area (Å²) in [5.41, 5.74) is 4.80. The summed E-state index contributed by atoms with van der Waals surface area (Å²) < 4.78 is 34.4. The third kappa shape index (κ3) is 10.6. The predicted molar refractivity (Wildman–Crippen MR) is 157 cm³/mol. The third-order valence-corrected chi connectivity index (χ3v) is 6.32. The number of hydrogen-bond donors (Lipinski definition) is 3. The zero-order valence-electron chi connectivity index (χ0n) is 22.3. The van der Waals surface area contributed by atoms with Gasteiger partial charge in [-0.3, -0.25) is 9.67 Å². The van der Waals surface area contributed by atoms with E-state index >= 15 is 0 Å². The number of benzene rings is 2. The second-order valence-corrected chi connectivity index (χ2v) is 9.86. The van der Waals surface area contributed by atoms with Crippen LogP contribution in [0.15, 0.2) is 83.5 Å². The molecular weight excluding hydrogens is 617 g/mol. The highest BCUT2D eigenvalue weighted by Crippen LogP contribution is 2.21. The fourth-order valence-electron chi connectivity index (χ4n) is 3.71. The average Bonchev–Trinajstić information content (AvgIpc) is 3.40. The maximum absolute atomic E-state index is 11.8. The molecule has 0 aliphatic rings. The van der Waals surface area contributed by atoms with Gasteiger partial charge in [0.25, 0.3) is 0 Å². The van der Waals surface area contributed by atoms with Gasteiger partial charge in [-0.15, -0.1) is 0 Å². The number of aryl methyl sites for hydroxylation is 1. The summed E-state index contributed by atoms with van der Waals surface area (Å²) in [5, 5.41) is 24.8. The van der Waals surface area contributed by atoms with Gasteiger partial charge in [-0.1, -0.05) is 64.5 Å². The Labute approximate surface area is 248 Å². The molecule has 0 aliphatic carbocycles. The molecule has 4 aromatic rings. The van der Waals surface area contributed by atoms with Gasteiger partial charge in [0.05, 0.1) is 11.4 Å². The molecule has 2 aromatic heterocycles. The first-order chi connectivity index (χ1) is 20.0. The zero-order valence-corrected chi connectivity index (χ0v) is 23.8. The van der Waals surface area contributed by atoms with Gasteiger partial charge in [0.2, 0.25) is 0 Å². The quantitative estimate of drug-likeness (QED) is 0.161. The molecule has 2 heterocycles. The van der Waals surface area contributed by atoms with E-state index in [1.165, 1.54) is 5.56 Å². The number of alkyl halides is 3. The Bertz CT molecular complexity index is 1490. The van der Waals surface area contributed by atoms with Crippen molar-refractivity contribution in [1.29, 1.82) is 0 Å². The van der Waals surface area contributed by atoms with Crippen LogP contribution in [0.2, 0.25) is 0 Å². The molecule has 0 unspecified atom stereocenters. The van der Waals surface area contributed by atoms with Crippen molar-refractivity contribution >= 4 is 40.0 Å². The molecule has 3 N–H and O–H groups in total. The molecule has 0 fully saturated rings. The van der Waals surface area contributed by atoms with Crippen molar-refractivity contribution in [2.24, 2.45) is 0 Å².